The monoisotopic (exact) mass is 334 g/mol. The Bertz CT molecular complexity index is 784. The van der Waals surface area contributed by atoms with E-state index in [0.29, 0.717) is 36.1 Å². The van der Waals surface area contributed by atoms with Crippen molar-refractivity contribution in [3.63, 3.8) is 0 Å². The lowest BCUT2D eigenvalue weighted by Crippen LogP contribution is -2.23. The van der Waals surface area contributed by atoms with Crippen LogP contribution in [0.15, 0.2) is 29.2 Å². The minimum Gasteiger partial charge on any atom is -0.496 e. The highest BCUT2D eigenvalue weighted by Gasteiger charge is 2.13. The minimum absolute atomic E-state index is 0.0489. The maximum absolute atomic E-state index is 12.2. The molecular formula is C17H19ClN2O3. The Labute approximate surface area is 139 Å². The highest BCUT2D eigenvalue weighted by Crippen LogP contribution is 2.18. The molecule has 0 aliphatic carbocycles. The summed E-state index contributed by atoms with van der Waals surface area (Å²) in [5.74, 6) is 0.525. The van der Waals surface area contributed by atoms with Gasteiger partial charge in [-0.15, -0.1) is 0 Å². The summed E-state index contributed by atoms with van der Waals surface area (Å²) in [7, 11) is 3.27. The lowest BCUT2D eigenvalue weighted by atomic mass is 10.1. The van der Waals surface area contributed by atoms with E-state index in [9.17, 15) is 9.59 Å². The molecule has 5 nitrogen and oxygen atoms in total. The van der Waals surface area contributed by atoms with E-state index in [0.717, 1.165) is 5.69 Å². The summed E-state index contributed by atoms with van der Waals surface area (Å²) in [4.78, 5) is 28.2. The Morgan fingerprint density at radius 3 is 2.83 bits per heavy atom. The second-order valence-corrected chi connectivity index (χ2v) is 5.67. The number of ketones is 1. The molecule has 2 heterocycles. The summed E-state index contributed by atoms with van der Waals surface area (Å²) in [6, 6.07) is 5.20. The first kappa shape index (κ1) is 17.2. The number of halogens is 1. The number of aryl methyl sites for hydroxylation is 1. The van der Waals surface area contributed by atoms with Crippen LogP contribution in [0.1, 0.15) is 34.5 Å². The molecule has 2 aromatic heterocycles. The number of methoxy groups -OCH3 is 1. The highest BCUT2D eigenvalue weighted by molar-refractivity contribution is 6.32. The van der Waals surface area contributed by atoms with Crippen molar-refractivity contribution in [3.05, 3.63) is 56.7 Å². The number of ether oxygens (including phenoxy) is 1. The number of Topliss-reactive ketones (excluding diaryl/α,β-unsaturated/α-hetero) is 1. The number of hydrogen-bond acceptors (Lipinski definition) is 4. The molecule has 0 fully saturated rings. The fourth-order valence-electron chi connectivity index (χ4n) is 2.45. The second kappa shape index (κ2) is 7.42. The molecule has 0 bridgehead atoms. The molecule has 0 saturated heterocycles. The van der Waals surface area contributed by atoms with E-state index in [4.69, 9.17) is 16.3 Å². The molecule has 0 aliphatic rings. The molecule has 6 heteroatoms. The van der Waals surface area contributed by atoms with Crippen LogP contribution >= 0.6 is 11.6 Å². The van der Waals surface area contributed by atoms with Gasteiger partial charge in [-0.25, -0.2) is 4.98 Å². The second-order valence-electron chi connectivity index (χ2n) is 5.31. The molecule has 0 unspecified atom stereocenters. The van der Waals surface area contributed by atoms with Gasteiger partial charge in [0.25, 0.3) is 5.56 Å². The number of nitrogens with zero attached hydrogens (tertiary/aromatic N) is 2. The van der Waals surface area contributed by atoms with Gasteiger partial charge in [-0.2, -0.15) is 0 Å². The number of carbonyl (C=O) groups is 1. The molecule has 0 N–H and O–H groups in total. The number of aromatic nitrogens is 2. The van der Waals surface area contributed by atoms with Crippen LogP contribution in [0.5, 0.6) is 5.75 Å². The van der Waals surface area contributed by atoms with Gasteiger partial charge >= 0.3 is 0 Å². The number of hydrogen-bond donors (Lipinski definition) is 0. The maximum Gasteiger partial charge on any atom is 0.257 e. The zero-order valence-corrected chi connectivity index (χ0v) is 14.2. The van der Waals surface area contributed by atoms with Crippen molar-refractivity contribution in [3.8, 4) is 5.75 Å². The molecule has 0 spiro atoms. The van der Waals surface area contributed by atoms with Crippen molar-refractivity contribution in [1.29, 1.82) is 0 Å². The van der Waals surface area contributed by atoms with Crippen LogP contribution in [-0.4, -0.2) is 22.4 Å². The van der Waals surface area contributed by atoms with Crippen LogP contribution < -0.4 is 10.3 Å². The minimum atomic E-state index is -0.0824. The van der Waals surface area contributed by atoms with Crippen molar-refractivity contribution in [2.45, 2.75) is 26.2 Å². The Hall–Kier alpha value is -2.14. The topological polar surface area (TPSA) is 61.2 Å². The van der Waals surface area contributed by atoms with Gasteiger partial charge in [-0.05, 0) is 31.9 Å². The van der Waals surface area contributed by atoms with Gasteiger partial charge in [0.15, 0.2) is 5.78 Å². The summed E-state index contributed by atoms with van der Waals surface area (Å²) in [5, 5.41) is 0.224. The smallest absolute Gasteiger partial charge is 0.257 e. The van der Waals surface area contributed by atoms with Gasteiger partial charge in [-0.3, -0.25) is 9.59 Å². The highest BCUT2D eigenvalue weighted by atomic mass is 35.5. The Morgan fingerprint density at radius 1 is 1.43 bits per heavy atom. The van der Waals surface area contributed by atoms with E-state index < -0.39 is 0 Å². The average molecular weight is 335 g/mol. The van der Waals surface area contributed by atoms with E-state index in [1.54, 1.807) is 44.0 Å². The Morgan fingerprint density at radius 2 is 2.17 bits per heavy atom. The first-order chi connectivity index (χ1) is 11.0. The third-order valence-corrected chi connectivity index (χ3v) is 4.14. The maximum atomic E-state index is 12.2. The molecular weight excluding hydrogens is 316 g/mol. The lowest BCUT2D eigenvalue weighted by molar-refractivity contribution is 0.0980. The number of pyridine rings is 2. The quantitative estimate of drug-likeness (QED) is 0.602. The van der Waals surface area contributed by atoms with Crippen LogP contribution in [0.3, 0.4) is 0 Å². The number of carbonyl (C=O) groups excluding carboxylic acids is 1. The molecule has 0 radical (unpaired) electrons. The predicted molar refractivity (Wildman–Crippen MR) is 89.5 cm³/mol. The first-order valence-electron chi connectivity index (χ1n) is 7.33. The SMILES string of the molecule is COc1cc(CCCC(=O)c2cccnc2Cl)n(C)c(=O)c1C. The van der Waals surface area contributed by atoms with Crippen LogP contribution in [-0.2, 0) is 13.5 Å². The summed E-state index contributed by atoms with van der Waals surface area (Å²) in [6.45, 7) is 1.73. The molecule has 2 aromatic rings. The van der Waals surface area contributed by atoms with E-state index >= 15 is 0 Å². The standard InChI is InChI=1S/C17H19ClN2O3/c1-11-15(23-3)10-12(20(2)17(11)22)6-4-8-14(21)13-7-5-9-19-16(13)18/h5,7,9-10H,4,6,8H2,1-3H3. The zero-order chi connectivity index (χ0) is 17.0. The van der Waals surface area contributed by atoms with E-state index in [1.807, 2.05) is 6.07 Å². The van der Waals surface area contributed by atoms with Crippen molar-refractivity contribution in [2.75, 3.05) is 7.11 Å². The molecule has 0 amide bonds. The summed E-state index contributed by atoms with van der Waals surface area (Å²) in [5.41, 5.74) is 1.77. The lowest BCUT2D eigenvalue weighted by Gasteiger charge is -2.12. The van der Waals surface area contributed by atoms with Gasteiger partial charge in [-0.1, -0.05) is 11.6 Å². The van der Waals surface area contributed by atoms with Crippen LogP contribution in [0, 0.1) is 6.92 Å². The summed E-state index contributed by atoms with van der Waals surface area (Å²) >= 11 is 5.92. The van der Waals surface area contributed by atoms with Crippen LogP contribution in [0.25, 0.3) is 0 Å². The Kier molecular flexibility index (Phi) is 5.55. The predicted octanol–water partition coefficient (Wildman–Crippen LogP) is 2.96. The third-order valence-electron chi connectivity index (χ3n) is 3.84. The van der Waals surface area contributed by atoms with Gasteiger partial charge in [0, 0.05) is 31.4 Å². The molecule has 0 aliphatic heterocycles. The third kappa shape index (κ3) is 3.79. The number of rotatable bonds is 6. The van der Waals surface area contributed by atoms with Gasteiger partial charge < -0.3 is 9.30 Å². The fourth-order valence-corrected chi connectivity index (χ4v) is 2.68. The normalized spacial score (nSPS) is 10.6. The summed E-state index contributed by atoms with van der Waals surface area (Å²) < 4.78 is 6.82. The molecule has 122 valence electrons. The summed E-state index contributed by atoms with van der Waals surface area (Å²) in [6.07, 6.45) is 3.11. The average Bonchev–Trinajstić information content (AvgIpc) is 2.55. The van der Waals surface area contributed by atoms with E-state index in [1.165, 1.54) is 0 Å². The molecule has 0 saturated carbocycles. The fraction of sp³-hybridized carbons (Fsp3) is 0.353. The molecule has 0 atom stereocenters. The van der Waals surface area contributed by atoms with E-state index in [2.05, 4.69) is 4.98 Å². The van der Waals surface area contributed by atoms with Crippen molar-refractivity contribution >= 4 is 17.4 Å². The van der Waals surface area contributed by atoms with Crippen LogP contribution in [0.4, 0.5) is 0 Å². The molecule has 0 aromatic carbocycles. The first-order valence-corrected chi connectivity index (χ1v) is 7.70. The zero-order valence-electron chi connectivity index (χ0n) is 13.4. The van der Waals surface area contributed by atoms with Gasteiger partial charge in [0.1, 0.15) is 10.9 Å². The van der Waals surface area contributed by atoms with Gasteiger partial charge in [0.05, 0.1) is 18.2 Å². The molecule has 23 heavy (non-hydrogen) atoms. The van der Waals surface area contributed by atoms with Crippen molar-refractivity contribution in [2.24, 2.45) is 7.05 Å². The van der Waals surface area contributed by atoms with Gasteiger partial charge in [0.2, 0.25) is 0 Å². The largest absolute Gasteiger partial charge is 0.496 e. The Balaban J connectivity index is 2.08. The van der Waals surface area contributed by atoms with Crippen molar-refractivity contribution < 1.29 is 9.53 Å². The van der Waals surface area contributed by atoms with Crippen LogP contribution in [0.2, 0.25) is 5.15 Å². The molecule has 2 rings (SSSR count). The van der Waals surface area contributed by atoms with E-state index in [-0.39, 0.29) is 16.5 Å². The van der Waals surface area contributed by atoms with Crippen molar-refractivity contribution in [1.82, 2.24) is 9.55 Å².